The van der Waals surface area contributed by atoms with Crippen molar-refractivity contribution in [2.45, 2.75) is 5.88 Å². The first-order valence-corrected chi connectivity index (χ1v) is 5.82. The zero-order valence-corrected chi connectivity index (χ0v) is 8.68. The van der Waals surface area contributed by atoms with Crippen LogP contribution in [-0.2, 0) is 5.88 Å². The molecule has 0 fully saturated rings. The van der Waals surface area contributed by atoms with Gasteiger partial charge in [-0.25, -0.2) is 9.71 Å². The molecule has 1 heterocycles. The van der Waals surface area contributed by atoms with Gasteiger partial charge in [0.15, 0.2) is 5.82 Å². The van der Waals surface area contributed by atoms with Crippen LogP contribution in [0.4, 0.5) is 5.82 Å². The number of nitrogens with zero attached hydrogens (tertiary/aromatic N) is 2. The molecule has 0 amide bonds. The van der Waals surface area contributed by atoms with Gasteiger partial charge < -0.3 is 9.67 Å². The third kappa shape index (κ3) is 4.03. The first kappa shape index (κ1) is 12.2. The normalized spacial score (nSPS) is 12.8. The Morgan fingerprint density at radius 1 is 1.47 bits per heavy atom. The van der Waals surface area contributed by atoms with Crippen LogP contribution in [0.25, 0.3) is 0 Å². The summed E-state index contributed by atoms with van der Waals surface area (Å²) in [5.41, 5.74) is 1.83. The van der Waals surface area contributed by atoms with Crippen molar-refractivity contribution in [3.63, 3.8) is 0 Å². The molecule has 0 bridgehead atoms. The van der Waals surface area contributed by atoms with Crippen molar-refractivity contribution in [2.75, 3.05) is 18.6 Å². The molecular weight excluding hydrogens is 224 g/mol. The third-order valence-electron chi connectivity index (χ3n) is 1.52. The Hall–Kier alpha value is -0.840. The molecule has 1 rings (SSSR count). The number of aliphatic hydroxyl groups excluding tert-OH is 1. The number of hydrogen-bond donors (Lipinski definition) is 6. The standard InChI is InChI=1S/C6H14N4O4S/c11-2-1-8-15(13,14)5-10-3-6(9-12)7-4-10/h3-4,8-9,11-14H,1-2,5H2. The Balaban J connectivity index is 2.52. The smallest absolute Gasteiger partial charge is 0.167 e. The summed E-state index contributed by atoms with van der Waals surface area (Å²) in [7, 11) is -2.99. The van der Waals surface area contributed by atoms with Gasteiger partial charge in [0.25, 0.3) is 0 Å². The molecule has 6 N–H and O–H groups in total. The zero-order chi connectivity index (χ0) is 11.3. The minimum absolute atomic E-state index is 0.0956. The molecule has 88 valence electrons. The summed E-state index contributed by atoms with van der Waals surface area (Å²) in [6.45, 7) is -0.0780. The van der Waals surface area contributed by atoms with E-state index in [1.54, 1.807) is 0 Å². The van der Waals surface area contributed by atoms with E-state index in [2.05, 4.69) is 9.71 Å². The fourth-order valence-electron chi connectivity index (χ4n) is 0.951. The second-order valence-corrected chi connectivity index (χ2v) is 4.68. The maximum absolute atomic E-state index is 9.47. The van der Waals surface area contributed by atoms with Gasteiger partial charge in [-0.05, 0) is 0 Å². The molecule has 0 aliphatic heterocycles. The van der Waals surface area contributed by atoms with Crippen LogP contribution in [0.1, 0.15) is 0 Å². The van der Waals surface area contributed by atoms with Crippen molar-refractivity contribution < 1.29 is 19.4 Å². The average molecular weight is 238 g/mol. The highest BCUT2D eigenvalue weighted by molar-refractivity contribution is 8.21. The summed E-state index contributed by atoms with van der Waals surface area (Å²) in [5, 5.41) is 17.0. The van der Waals surface area contributed by atoms with Gasteiger partial charge >= 0.3 is 0 Å². The highest BCUT2D eigenvalue weighted by atomic mass is 32.3. The van der Waals surface area contributed by atoms with Gasteiger partial charge in [-0.15, -0.1) is 10.8 Å². The highest BCUT2D eigenvalue weighted by Gasteiger charge is 2.11. The van der Waals surface area contributed by atoms with Crippen LogP contribution in [-0.4, -0.2) is 42.1 Å². The van der Waals surface area contributed by atoms with Crippen molar-refractivity contribution >= 4 is 16.6 Å². The molecule has 0 saturated heterocycles. The first-order valence-electron chi connectivity index (χ1n) is 4.10. The van der Waals surface area contributed by atoms with E-state index >= 15 is 0 Å². The second kappa shape index (κ2) is 5.30. The number of aromatic nitrogens is 2. The number of anilines is 1. The lowest BCUT2D eigenvalue weighted by atomic mass is 10.8. The summed E-state index contributed by atoms with van der Waals surface area (Å²) in [6.07, 6.45) is 2.75. The SMILES string of the molecule is OCCNS(O)(O)Cn1cnc(NO)c1. The molecule has 0 spiro atoms. The lowest BCUT2D eigenvalue weighted by Crippen LogP contribution is -2.26. The van der Waals surface area contributed by atoms with Crippen molar-refractivity contribution in [1.82, 2.24) is 14.3 Å². The number of nitrogens with one attached hydrogen (secondary N) is 2. The Bertz CT molecular complexity index is 305. The van der Waals surface area contributed by atoms with E-state index in [0.29, 0.717) is 0 Å². The van der Waals surface area contributed by atoms with Gasteiger partial charge in [0, 0.05) is 6.54 Å². The van der Waals surface area contributed by atoms with Crippen LogP contribution in [0.2, 0.25) is 0 Å². The van der Waals surface area contributed by atoms with Crippen LogP contribution >= 0.6 is 10.8 Å². The molecule has 0 radical (unpaired) electrons. The summed E-state index contributed by atoms with van der Waals surface area (Å²) in [4.78, 5) is 3.71. The predicted octanol–water partition coefficient (Wildman–Crippen LogP) is -0.111. The third-order valence-corrected chi connectivity index (χ3v) is 2.85. The van der Waals surface area contributed by atoms with E-state index < -0.39 is 10.8 Å². The van der Waals surface area contributed by atoms with E-state index in [-0.39, 0.29) is 24.8 Å². The molecule has 1 aromatic rings. The maximum Gasteiger partial charge on any atom is 0.167 e. The molecule has 15 heavy (non-hydrogen) atoms. The van der Waals surface area contributed by atoms with Crippen molar-refractivity contribution in [3.8, 4) is 0 Å². The Morgan fingerprint density at radius 3 is 2.73 bits per heavy atom. The minimum Gasteiger partial charge on any atom is -0.395 e. The molecule has 0 unspecified atom stereocenters. The van der Waals surface area contributed by atoms with E-state index in [4.69, 9.17) is 10.3 Å². The zero-order valence-electron chi connectivity index (χ0n) is 7.87. The molecule has 8 nitrogen and oxygen atoms in total. The maximum atomic E-state index is 9.47. The largest absolute Gasteiger partial charge is 0.395 e. The predicted molar refractivity (Wildman–Crippen MR) is 55.6 cm³/mol. The molecule has 0 atom stereocenters. The fraction of sp³-hybridized carbons (Fsp3) is 0.500. The number of imidazole rings is 1. The molecular formula is C6H14N4O4S. The monoisotopic (exact) mass is 238 g/mol. The molecule has 0 aromatic carbocycles. The molecule has 9 heteroatoms. The quantitative estimate of drug-likeness (QED) is 0.382. The number of aliphatic hydroxyl groups is 1. The van der Waals surface area contributed by atoms with Crippen LogP contribution in [0, 0.1) is 0 Å². The summed E-state index contributed by atoms with van der Waals surface area (Å²) in [6, 6.07) is 0. The van der Waals surface area contributed by atoms with Gasteiger partial charge in [0.2, 0.25) is 0 Å². The van der Waals surface area contributed by atoms with Gasteiger partial charge in [0.1, 0.15) is 5.88 Å². The van der Waals surface area contributed by atoms with Gasteiger partial charge in [-0.2, -0.15) is 0 Å². The summed E-state index contributed by atoms with van der Waals surface area (Å²) in [5.74, 6) is 0.120. The van der Waals surface area contributed by atoms with Crippen molar-refractivity contribution in [1.29, 1.82) is 0 Å². The van der Waals surface area contributed by atoms with Gasteiger partial charge in [0.05, 0.1) is 19.1 Å². The summed E-state index contributed by atoms with van der Waals surface area (Å²) < 4.78 is 22.7. The van der Waals surface area contributed by atoms with Gasteiger partial charge in [-0.3, -0.25) is 19.8 Å². The molecule has 0 saturated carbocycles. The Labute approximate surface area is 88.0 Å². The van der Waals surface area contributed by atoms with E-state index in [1.807, 2.05) is 5.48 Å². The lowest BCUT2D eigenvalue weighted by molar-refractivity contribution is 0.298. The Kier molecular flexibility index (Phi) is 4.32. The van der Waals surface area contributed by atoms with Crippen LogP contribution in [0.3, 0.4) is 0 Å². The Morgan fingerprint density at radius 2 is 2.20 bits per heavy atom. The van der Waals surface area contributed by atoms with E-state index in [9.17, 15) is 9.11 Å². The fourth-order valence-corrected chi connectivity index (χ4v) is 2.02. The summed E-state index contributed by atoms with van der Waals surface area (Å²) >= 11 is 0. The number of hydrogen-bond acceptors (Lipinski definition) is 7. The van der Waals surface area contributed by atoms with E-state index in [0.717, 1.165) is 0 Å². The van der Waals surface area contributed by atoms with E-state index in [1.165, 1.54) is 17.1 Å². The van der Waals surface area contributed by atoms with Crippen LogP contribution in [0.5, 0.6) is 0 Å². The molecule has 0 aliphatic rings. The number of rotatable bonds is 6. The van der Waals surface area contributed by atoms with Gasteiger partial charge in [-0.1, -0.05) is 0 Å². The molecule has 0 aliphatic carbocycles. The van der Waals surface area contributed by atoms with Crippen molar-refractivity contribution in [3.05, 3.63) is 12.5 Å². The van der Waals surface area contributed by atoms with Crippen LogP contribution < -0.4 is 10.2 Å². The average Bonchev–Trinajstić information content (AvgIpc) is 2.62. The molecule has 1 aromatic heterocycles. The minimum atomic E-state index is -2.99. The van der Waals surface area contributed by atoms with Crippen molar-refractivity contribution in [2.24, 2.45) is 0 Å². The first-order chi connectivity index (χ1) is 7.07. The highest BCUT2D eigenvalue weighted by Crippen LogP contribution is 2.35. The lowest BCUT2D eigenvalue weighted by Gasteiger charge is -2.32. The second-order valence-electron chi connectivity index (χ2n) is 2.80. The van der Waals surface area contributed by atoms with Crippen LogP contribution in [0.15, 0.2) is 12.5 Å². The topological polar surface area (TPSA) is 123 Å².